The van der Waals surface area contributed by atoms with Gasteiger partial charge in [-0.15, -0.1) is 0 Å². The molecule has 3 heteroatoms. The van der Waals surface area contributed by atoms with Crippen LogP contribution in [-0.2, 0) is 0 Å². The monoisotopic (exact) mass is 280 g/mol. The maximum atomic E-state index is 6.03. The van der Waals surface area contributed by atoms with Gasteiger partial charge in [0, 0.05) is 11.1 Å². The molecule has 1 aromatic rings. The first-order valence-corrected chi connectivity index (χ1v) is 7.36. The Morgan fingerprint density at radius 1 is 1.16 bits per heavy atom. The van der Waals surface area contributed by atoms with Crippen LogP contribution < -0.4 is 11.1 Å². The summed E-state index contributed by atoms with van der Waals surface area (Å²) in [5.74, 6) is 0. The quantitative estimate of drug-likeness (QED) is 0.753. The zero-order valence-corrected chi connectivity index (χ0v) is 13.1. The van der Waals surface area contributed by atoms with E-state index < -0.39 is 0 Å². The van der Waals surface area contributed by atoms with E-state index in [9.17, 15) is 0 Å². The lowest BCUT2D eigenvalue weighted by molar-refractivity contribution is 0.105. The normalized spacial score (nSPS) is 22.2. The molecule has 0 bridgehead atoms. The lowest BCUT2D eigenvalue weighted by Crippen LogP contribution is -2.40. The fourth-order valence-corrected chi connectivity index (χ4v) is 4.01. The minimum Gasteiger partial charge on any atom is -0.397 e. The van der Waals surface area contributed by atoms with Crippen molar-refractivity contribution in [1.82, 2.24) is 0 Å². The van der Waals surface area contributed by atoms with Gasteiger partial charge < -0.3 is 11.1 Å². The minimum atomic E-state index is 0.376. The van der Waals surface area contributed by atoms with Crippen LogP contribution in [0.1, 0.15) is 47.0 Å². The molecule has 0 unspecified atom stereocenters. The number of nitrogens with two attached hydrogens (primary N) is 1. The number of nitrogen functional groups attached to an aromatic ring is 1. The summed E-state index contributed by atoms with van der Waals surface area (Å²) in [5.41, 5.74) is 8.51. The molecule has 0 amide bonds. The number of halogens is 1. The second kappa shape index (κ2) is 4.90. The average molecular weight is 281 g/mol. The summed E-state index contributed by atoms with van der Waals surface area (Å²) in [7, 11) is 0. The molecular formula is C16H25ClN2. The number of hydrogen-bond donors (Lipinski definition) is 2. The fraction of sp³-hybridized carbons (Fsp3) is 0.625. The Kier molecular flexibility index (Phi) is 3.74. The lowest BCUT2D eigenvalue weighted by atomic mass is 9.63. The third-order valence-corrected chi connectivity index (χ3v) is 4.16. The molecule has 0 atom stereocenters. The van der Waals surface area contributed by atoms with Crippen molar-refractivity contribution in [3.05, 3.63) is 23.2 Å². The molecule has 1 aliphatic carbocycles. The second-order valence-electron chi connectivity index (χ2n) is 7.49. The minimum absolute atomic E-state index is 0.376. The fourth-order valence-electron chi connectivity index (χ4n) is 3.83. The van der Waals surface area contributed by atoms with Crippen molar-refractivity contribution in [3.63, 3.8) is 0 Å². The molecule has 19 heavy (non-hydrogen) atoms. The summed E-state index contributed by atoms with van der Waals surface area (Å²) in [5, 5.41) is 4.29. The highest BCUT2D eigenvalue weighted by molar-refractivity contribution is 6.31. The van der Waals surface area contributed by atoms with Crippen LogP contribution in [-0.4, -0.2) is 6.04 Å². The Balaban J connectivity index is 2.14. The van der Waals surface area contributed by atoms with Crippen molar-refractivity contribution >= 4 is 23.0 Å². The van der Waals surface area contributed by atoms with Crippen LogP contribution in [0.4, 0.5) is 11.4 Å². The smallest absolute Gasteiger partial charge is 0.0577 e. The molecule has 2 rings (SSSR count). The van der Waals surface area contributed by atoms with Crippen molar-refractivity contribution in [2.75, 3.05) is 11.1 Å². The summed E-state index contributed by atoms with van der Waals surface area (Å²) < 4.78 is 0. The van der Waals surface area contributed by atoms with Crippen LogP contribution >= 0.6 is 11.6 Å². The van der Waals surface area contributed by atoms with E-state index in [2.05, 4.69) is 33.0 Å². The first-order valence-electron chi connectivity index (χ1n) is 6.99. The predicted octanol–water partition coefficient (Wildman–Crippen LogP) is 4.94. The zero-order valence-electron chi connectivity index (χ0n) is 12.4. The van der Waals surface area contributed by atoms with Gasteiger partial charge in [-0.05, 0) is 48.3 Å². The third kappa shape index (κ3) is 3.79. The summed E-state index contributed by atoms with van der Waals surface area (Å²) in [6.45, 7) is 9.42. The van der Waals surface area contributed by atoms with Gasteiger partial charge in [-0.2, -0.15) is 0 Å². The van der Waals surface area contributed by atoms with Gasteiger partial charge in [0.25, 0.3) is 0 Å². The van der Waals surface area contributed by atoms with Crippen LogP contribution in [0, 0.1) is 10.8 Å². The SMILES string of the molecule is CC1(C)CC(Nc2ccc(Cl)cc2N)CC(C)(C)C1. The number of hydrogen-bond acceptors (Lipinski definition) is 2. The van der Waals surface area contributed by atoms with Gasteiger partial charge in [-0.25, -0.2) is 0 Å². The van der Waals surface area contributed by atoms with Gasteiger partial charge in [-0.1, -0.05) is 39.3 Å². The topological polar surface area (TPSA) is 38.0 Å². The van der Waals surface area contributed by atoms with Crippen molar-refractivity contribution in [2.24, 2.45) is 10.8 Å². The largest absolute Gasteiger partial charge is 0.397 e. The van der Waals surface area contributed by atoms with Crippen LogP contribution in [0.25, 0.3) is 0 Å². The predicted molar refractivity (Wildman–Crippen MR) is 84.7 cm³/mol. The van der Waals surface area contributed by atoms with Crippen molar-refractivity contribution in [3.8, 4) is 0 Å². The van der Waals surface area contributed by atoms with E-state index in [-0.39, 0.29) is 0 Å². The van der Waals surface area contributed by atoms with Crippen LogP contribution in [0.15, 0.2) is 18.2 Å². The maximum Gasteiger partial charge on any atom is 0.0577 e. The van der Waals surface area contributed by atoms with E-state index in [1.165, 1.54) is 19.3 Å². The second-order valence-corrected chi connectivity index (χ2v) is 7.92. The molecule has 106 valence electrons. The molecule has 3 N–H and O–H groups in total. The number of benzene rings is 1. The number of rotatable bonds is 2. The molecule has 0 aliphatic heterocycles. The molecule has 1 aliphatic rings. The Hall–Kier alpha value is -0.890. The Bertz CT molecular complexity index is 450. The summed E-state index contributed by atoms with van der Waals surface area (Å²) in [4.78, 5) is 0. The first-order chi connectivity index (χ1) is 8.67. The van der Waals surface area contributed by atoms with E-state index in [4.69, 9.17) is 17.3 Å². The molecular weight excluding hydrogens is 256 g/mol. The Labute approximate surface area is 121 Å². The average Bonchev–Trinajstić information content (AvgIpc) is 2.17. The van der Waals surface area contributed by atoms with Gasteiger partial charge in [0.05, 0.1) is 11.4 Å². The zero-order chi connectivity index (χ0) is 14.3. The Morgan fingerprint density at radius 2 is 1.74 bits per heavy atom. The molecule has 0 spiro atoms. The molecule has 1 aromatic carbocycles. The maximum absolute atomic E-state index is 6.03. The molecule has 2 nitrogen and oxygen atoms in total. The van der Waals surface area contributed by atoms with Gasteiger partial charge in [-0.3, -0.25) is 0 Å². The summed E-state index contributed by atoms with van der Waals surface area (Å²) >= 11 is 5.94. The van der Waals surface area contributed by atoms with Gasteiger partial charge in [0.15, 0.2) is 0 Å². The van der Waals surface area contributed by atoms with Crippen LogP contribution in [0.3, 0.4) is 0 Å². The highest BCUT2D eigenvalue weighted by Crippen LogP contribution is 2.46. The van der Waals surface area contributed by atoms with Crippen molar-refractivity contribution in [2.45, 2.75) is 53.0 Å². The van der Waals surface area contributed by atoms with E-state index in [1.807, 2.05) is 18.2 Å². The molecule has 0 aromatic heterocycles. The Morgan fingerprint density at radius 3 is 2.26 bits per heavy atom. The highest BCUT2D eigenvalue weighted by Gasteiger charge is 2.38. The number of anilines is 2. The molecule has 1 saturated carbocycles. The van der Waals surface area contributed by atoms with Crippen molar-refractivity contribution < 1.29 is 0 Å². The van der Waals surface area contributed by atoms with E-state index in [0.717, 1.165) is 11.4 Å². The van der Waals surface area contributed by atoms with Gasteiger partial charge >= 0.3 is 0 Å². The van der Waals surface area contributed by atoms with E-state index in [0.29, 0.717) is 21.9 Å². The van der Waals surface area contributed by atoms with Gasteiger partial charge in [0.2, 0.25) is 0 Å². The molecule has 0 heterocycles. The summed E-state index contributed by atoms with van der Waals surface area (Å²) in [6, 6.07) is 6.15. The highest BCUT2D eigenvalue weighted by atomic mass is 35.5. The van der Waals surface area contributed by atoms with E-state index >= 15 is 0 Å². The molecule has 0 radical (unpaired) electrons. The van der Waals surface area contributed by atoms with Crippen LogP contribution in [0.5, 0.6) is 0 Å². The van der Waals surface area contributed by atoms with Gasteiger partial charge in [0.1, 0.15) is 0 Å². The van der Waals surface area contributed by atoms with Crippen LogP contribution in [0.2, 0.25) is 5.02 Å². The van der Waals surface area contributed by atoms with E-state index in [1.54, 1.807) is 0 Å². The first kappa shape index (κ1) is 14.5. The molecule has 0 saturated heterocycles. The number of nitrogens with one attached hydrogen (secondary N) is 1. The van der Waals surface area contributed by atoms with Crippen molar-refractivity contribution in [1.29, 1.82) is 0 Å². The summed E-state index contributed by atoms with van der Waals surface area (Å²) in [6.07, 6.45) is 3.63. The molecule has 1 fully saturated rings. The lowest BCUT2D eigenvalue weighted by Gasteiger charge is -2.45. The third-order valence-electron chi connectivity index (χ3n) is 3.93. The standard InChI is InChI=1S/C16H25ClN2/c1-15(2)8-12(9-16(3,4)10-15)19-14-6-5-11(17)7-13(14)18/h5-7,12,19H,8-10,18H2,1-4H3.